The molecule has 0 fully saturated rings. The molecule has 38 heavy (non-hydrogen) atoms. The first kappa shape index (κ1) is 30.7. The molecule has 10 nitrogen and oxygen atoms in total. The van der Waals surface area contributed by atoms with Gasteiger partial charge in [0.15, 0.2) is 16.6 Å². The molecule has 1 aromatic rings. The number of esters is 1. The van der Waals surface area contributed by atoms with E-state index in [4.69, 9.17) is 4.74 Å². The van der Waals surface area contributed by atoms with Gasteiger partial charge in [-0.05, 0) is 37.5 Å². The van der Waals surface area contributed by atoms with Crippen LogP contribution in [0.5, 0.6) is 0 Å². The Balaban J connectivity index is 2.35. The zero-order valence-electron chi connectivity index (χ0n) is 21.8. The number of hydrogen-bond acceptors (Lipinski definition) is 8. The van der Waals surface area contributed by atoms with Gasteiger partial charge < -0.3 is 20.7 Å². The van der Waals surface area contributed by atoms with Gasteiger partial charge in [-0.25, -0.2) is 14.2 Å². The van der Waals surface area contributed by atoms with E-state index in [9.17, 15) is 28.4 Å². The Morgan fingerprint density at radius 2 is 1.97 bits per heavy atom. The molecule has 1 aromatic heterocycles. The number of ether oxygens (including phenoxy) is 1. The lowest BCUT2D eigenvalue weighted by Gasteiger charge is -2.24. The molecule has 1 aliphatic heterocycles. The fourth-order valence-corrected chi connectivity index (χ4v) is 3.96. The number of cyclic esters (lactones) is 1. The summed E-state index contributed by atoms with van der Waals surface area (Å²) in [5.74, 6) is -3.61. The number of carbonyl (C=O) groups excluding carboxylic acids is 5. The second-order valence-corrected chi connectivity index (χ2v) is 10.1. The molecule has 2 bridgehead atoms. The Labute approximate surface area is 225 Å². The van der Waals surface area contributed by atoms with Crippen LogP contribution in [0.1, 0.15) is 56.7 Å². The smallest absolute Gasteiger partial charge is 0.329 e. The quantitative estimate of drug-likeness (QED) is 0.220. The average Bonchev–Trinajstić information content (AvgIpc) is 2.85. The van der Waals surface area contributed by atoms with Gasteiger partial charge in [-0.1, -0.05) is 37.8 Å². The van der Waals surface area contributed by atoms with E-state index >= 15 is 0 Å². The van der Waals surface area contributed by atoms with Gasteiger partial charge in [0, 0.05) is 31.3 Å². The van der Waals surface area contributed by atoms with Crippen molar-refractivity contribution >= 4 is 40.6 Å². The lowest BCUT2D eigenvalue weighted by molar-refractivity contribution is -0.153. The van der Waals surface area contributed by atoms with Crippen LogP contribution in [0.15, 0.2) is 36.1 Å². The highest BCUT2D eigenvalue weighted by Crippen LogP contribution is 2.13. The summed E-state index contributed by atoms with van der Waals surface area (Å²) in [4.78, 5) is 66.4. The topological polar surface area (TPSA) is 144 Å². The van der Waals surface area contributed by atoms with E-state index in [0.29, 0.717) is 17.9 Å². The third-order valence-electron chi connectivity index (χ3n) is 5.41. The van der Waals surface area contributed by atoms with Gasteiger partial charge in [0.05, 0.1) is 6.42 Å². The van der Waals surface area contributed by atoms with Crippen molar-refractivity contribution in [2.45, 2.75) is 59.1 Å². The highest BCUT2D eigenvalue weighted by molar-refractivity contribution is 8.13. The number of pyridine rings is 1. The van der Waals surface area contributed by atoms with Gasteiger partial charge in [0.2, 0.25) is 5.91 Å². The molecule has 3 amide bonds. The third-order valence-corrected chi connectivity index (χ3v) is 6.25. The van der Waals surface area contributed by atoms with Crippen LogP contribution in [0.2, 0.25) is 0 Å². The first-order chi connectivity index (χ1) is 18.0. The van der Waals surface area contributed by atoms with Crippen molar-refractivity contribution in [2.75, 3.05) is 12.3 Å². The molecule has 0 aromatic carbocycles. The fourth-order valence-electron chi connectivity index (χ4n) is 3.41. The maximum absolute atomic E-state index is 14.3. The van der Waals surface area contributed by atoms with Crippen LogP contribution in [0.4, 0.5) is 4.39 Å². The molecule has 3 N–H and O–H groups in total. The number of hydrogen-bond donors (Lipinski definition) is 3. The third kappa shape index (κ3) is 9.73. The fraction of sp³-hybridized carbons (Fsp3) is 0.462. The molecule has 2 atom stereocenters. The number of halogens is 1. The van der Waals surface area contributed by atoms with Crippen molar-refractivity contribution in [2.24, 2.45) is 5.92 Å². The monoisotopic (exact) mass is 548 g/mol. The summed E-state index contributed by atoms with van der Waals surface area (Å²) in [7, 11) is 0. The van der Waals surface area contributed by atoms with Crippen LogP contribution in [-0.4, -0.2) is 58.2 Å². The Hall–Kier alpha value is -3.54. The molecule has 12 heteroatoms. The number of fused-ring (bicyclic) bond motifs is 2. The molecule has 0 unspecified atom stereocenters. The number of carbonyl (C=O) groups is 5. The minimum Gasteiger partial charge on any atom is -0.456 e. The van der Waals surface area contributed by atoms with Gasteiger partial charge in [-0.2, -0.15) is 0 Å². The second-order valence-electron chi connectivity index (χ2n) is 8.82. The van der Waals surface area contributed by atoms with Gasteiger partial charge in [0.25, 0.3) is 11.8 Å². The molecule has 0 spiro atoms. The van der Waals surface area contributed by atoms with E-state index in [1.165, 1.54) is 26.0 Å². The number of aromatic nitrogens is 1. The van der Waals surface area contributed by atoms with Crippen molar-refractivity contribution in [1.29, 1.82) is 0 Å². The molecule has 2 heterocycles. The molecule has 0 saturated heterocycles. The summed E-state index contributed by atoms with van der Waals surface area (Å²) in [5, 5.41) is 7.58. The Morgan fingerprint density at radius 1 is 1.24 bits per heavy atom. The molecule has 0 saturated carbocycles. The van der Waals surface area contributed by atoms with Gasteiger partial charge in [-0.3, -0.25) is 19.2 Å². The van der Waals surface area contributed by atoms with Crippen molar-refractivity contribution in [3.05, 3.63) is 53.3 Å². The number of nitrogens with one attached hydrogen (secondary N) is 3. The minimum absolute atomic E-state index is 0.0142. The molecule has 2 rings (SSSR count). The highest BCUT2D eigenvalue weighted by atomic mass is 32.2. The summed E-state index contributed by atoms with van der Waals surface area (Å²) in [6.45, 7) is 6.52. The zero-order valence-corrected chi connectivity index (χ0v) is 22.7. The maximum atomic E-state index is 14.3. The minimum atomic E-state index is -1.10. The van der Waals surface area contributed by atoms with Crippen molar-refractivity contribution in [3.8, 4) is 0 Å². The highest BCUT2D eigenvalue weighted by Gasteiger charge is 2.30. The van der Waals surface area contributed by atoms with Crippen LogP contribution < -0.4 is 16.0 Å². The van der Waals surface area contributed by atoms with Crippen molar-refractivity contribution in [1.82, 2.24) is 20.9 Å². The molecule has 206 valence electrons. The summed E-state index contributed by atoms with van der Waals surface area (Å²) in [6, 6.07) is 1.39. The van der Waals surface area contributed by atoms with Crippen LogP contribution >= 0.6 is 11.8 Å². The van der Waals surface area contributed by atoms with Crippen LogP contribution in [-0.2, 0) is 30.3 Å². The lowest BCUT2D eigenvalue weighted by Crippen LogP contribution is -2.48. The standard InChI is InChI=1S/C26H33FN4O6S/c1-5-20-24(34)31-22(15(2)3)26(36)37-18(8-6-7-13-38-16(4)32)14-21(33)28-12-11-17-9-10-19(27)23(29-17)25(35)30-20/h5-6,8-10,15,18,22H,7,11-14H2,1-4H3,(H,28,33)(H,30,35)(H,31,34)/b8-6+,20-5-/t18-,22+/m1/s1. The maximum Gasteiger partial charge on any atom is 0.329 e. The Morgan fingerprint density at radius 3 is 2.63 bits per heavy atom. The van der Waals surface area contributed by atoms with Crippen LogP contribution in [0.3, 0.4) is 0 Å². The van der Waals surface area contributed by atoms with Gasteiger partial charge >= 0.3 is 5.97 Å². The number of amides is 3. The molecule has 1 aliphatic rings. The number of allylic oxidation sites excluding steroid dienone is 2. The summed E-state index contributed by atoms with van der Waals surface area (Å²) < 4.78 is 19.9. The predicted molar refractivity (Wildman–Crippen MR) is 140 cm³/mol. The Bertz CT molecular complexity index is 1120. The van der Waals surface area contributed by atoms with Crippen LogP contribution in [0.25, 0.3) is 0 Å². The predicted octanol–water partition coefficient (Wildman–Crippen LogP) is 2.20. The summed E-state index contributed by atoms with van der Waals surface area (Å²) in [6.07, 6.45) is 4.26. The number of nitrogens with zero attached hydrogens (tertiary/aromatic N) is 1. The lowest BCUT2D eigenvalue weighted by atomic mass is 10.0. The van der Waals surface area contributed by atoms with Gasteiger partial charge in [-0.15, -0.1) is 0 Å². The van der Waals surface area contributed by atoms with E-state index < -0.39 is 53.3 Å². The van der Waals surface area contributed by atoms with Gasteiger partial charge in [0.1, 0.15) is 17.8 Å². The molecular formula is C26H33FN4O6S. The Kier molecular flexibility index (Phi) is 12.1. The van der Waals surface area contributed by atoms with E-state index in [-0.39, 0.29) is 30.2 Å². The SMILES string of the molecule is C/C=C1\NC(=O)c2nc(ccc2F)CCNC(=O)C[C@@H](/C=C/CCSC(C)=O)OC(=O)[C@H](C(C)C)NC1=O. The summed E-state index contributed by atoms with van der Waals surface area (Å²) >= 11 is 1.16. The van der Waals surface area contributed by atoms with E-state index in [1.54, 1.807) is 26.0 Å². The molecule has 0 aliphatic carbocycles. The first-order valence-electron chi connectivity index (χ1n) is 12.2. The van der Waals surface area contributed by atoms with E-state index in [1.807, 2.05) is 0 Å². The normalized spacial score (nSPS) is 21.1. The average molecular weight is 549 g/mol. The largest absolute Gasteiger partial charge is 0.456 e. The summed E-state index contributed by atoms with van der Waals surface area (Å²) in [5.41, 5.74) is -0.336. The number of thioether (sulfide) groups is 1. The van der Waals surface area contributed by atoms with Crippen LogP contribution in [0, 0.1) is 11.7 Å². The second kappa shape index (κ2) is 15.0. The van der Waals surface area contributed by atoms with Crippen molar-refractivity contribution in [3.63, 3.8) is 0 Å². The molecule has 0 radical (unpaired) electrons. The molecular weight excluding hydrogens is 515 g/mol. The number of rotatable bonds is 5. The van der Waals surface area contributed by atoms with Crippen molar-refractivity contribution < 1.29 is 33.1 Å². The van der Waals surface area contributed by atoms with E-state index in [0.717, 1.165) is 17.8 Å². The van der Waals surface area contributed by atoms with E-state index in [2.05, 4.69) is 20.9 Å². The first-order valence-corrected chi connectivity index (χ1v) is 13.2. The zero-order chi connectivity index (χ0) is 28.2.